The van der Waals surface area contributed by atoms with Crippen LogP contribution in [0.3, 0.4) is 0 Å². The lowest BCUT2D eigenvalue weighted by atomic mass is 10.1. The van der Waals surface area contributed by atoms with E-state index in [0.29, 0.717) is 13.2 Å². The van der Waals surface area contributed by atoms with Gasteiger partial charge in [0.15, 0.2) is 0 Å². The lowest BCUT2D eigenvalue weighted by Gasteiger charge is -2.10. The molecular weight excluding hydrogens is 276 g/mol. The molecule has 6 heteroatoms. The largest absolute Gasteiger partial charge is 0.384 e. The van der Waals surface area contributed by atoms with Crippen molar-refractivity contribution in [2.45, 2.75) is 13.0 Å². The van der Waals surface area contributed by atoms with Crippen molar-refractivity contribution in [2.75, 3.05) is 19.0 Å². The van der Waals surface area contributed by atoms with Crippen LogP contribution < -0.4 is 5.32 Å². The molecule has 0 radical (unpaired) electrons. The molecule has 0 fully saturated rings. The summed E-state index contributed by atoms with van der Waals surface area (Å²) in [5, 5.41) is 14.1. The molecule has 0 spiro atoms. The van der Waals surface area contributed by atoms with Crippen LogP contribution in [0.1, 0.15) is 10.4 Å². The highest BCUT2D eigenvalue weighted by Gasteiger charge is 2.09. The van der Waals surface area contributed by atoms with Crippen LogP contribution in [-0.4, -0.2) is 18.6 Å². The number of anilines is 1. The Morgan fingerprint density at radius 2 is 2.10 bits per heavy atom. The number of nitrogens with one attached hydrogen (secondary N) is 1. The van der Waals surface area contributed by atoms with Gasteiger partial charge < -0.3 is 10.1 Å². The smallest absolute Gasteiger partial charge is 0.324 e. The van der Waals surface area contributed by atoms with Gasteiger partial charge in [0.05, 0.1) is 11.5 Å². The molecule has 1 aromatic heterocycles. The standard InChI is InChI=1S/C14H16N2O3S/c1-19-9-8-11-4-2-3-5-13(11)15-10-12-6-7-14(20-12)16(17)18/h2-7,15H,8-10H2,1H3. The second kappa shape index (κ2) is 7.02. The number of rotatable bonds is 7. The molecule has 0 bridgehead atoms. The summed E-state index contributed by atoms with van der Waals surface area (Å²) in [4.78, 5) is 11.2. The zero-order chi connectivity index (χ0) is 14.4. The maximum absolute atomic E-state index is 10.6. The number of hydrogen-bond donors (Lipinski definition) is 1. The molecule has 20 heavy (non-hydrogen) atoms. The first-order valence-electron chi connectivity index (χ1n) is 6.24. The normalized spacial score (nSPS) is 10.4. The van der Waals surface area contributed by atoms with E-state index < -0.39 is 0 Å². The van der Waals surface area contributed by atoms with Gasteiger partial charge in [-0.25, -0.2) is 0 Å². The van der Waals surface area contributed by atoms with Crippen LogP contribution in [0.5, 0.6) is 0 Å². The Morgan fingerprint density at radius 1 is 1.30 bits per heavy atom. The third kappa shape index (κ3) is 3.79. The fourth-order valence-electron chi connectivity index (χ4n) is 1.86. The van der Waals surface area contributed by atoms with Gasteiger partial charge in [0.25, 0.3) is 0 Å². The van der Waals surface area contributed by atoms with Gasteiger partial charge in [-0.15, -0.1) is 0 Å². The Labute approximate surface area is 121 Å². The van der Waals surface area contributed by atoms with Crippen molar-refractivity contribution in [1.82, 2.24) is 0 Å². The molecule has 1 heterocycles. The molecule has 0 aliphatic carbocycles. The predicted octanol–water partition coefficient (Wildman–Crippen LogP) is 3.46. The zero-order valence-corrected chi connectivity index (χ0v) is 12.0. The predicted molar refractivity (Wildman–Crippen MR) is 80.3 cm³/mol. The fraction of sp³-hybridized carbons (Fsp3) is 0.286. The molecule has 1 aromatic carbocycles. The van der Waals surface area contributed by atoms with E-state index in [1.807, 2.05) is 18.2 Å². The van der Waals surface area contributed by atoms with Crippen molar-refractivity contribution in [3.05, 3.63) is 57.0 Å². The van der Waals surface area contributed by atoms with E-state index in [9.17, 15) is 10.1 Å². The van der Waals surface area contributed by atoms with E-state index in [1.165, 1.54) is 16.9 Å². The Hall–Kier alpha value is -1.92. The summed E-state index contributed by atoms with van der Waals surface area (Å²) in [5.41, 5.74) is 2.22. The monoisotopic (exact) mass is 292 g/mol. The van der Waals surface area contributed by atoms with Crippen LogP contribution in [0.4, 0.5) is 10.7 Å². The topological polar surface area (TPSA) is 64.4 Å². The van der Waals surface area contributed by atoms with Crippen LogP contribution in [0.25, 0.3) is 0 Å². The van der Waals surface area contributed by atoms with Gasteiger partial charge >= 0.3 is 5.00 Å². The average molecular weight is 292 g/mol. The lowest BCUT2D eigenvalue weighted by Crippen LogP contribution is -2.03. The molecule has 0 atom stereocenters. The number of thiophene rings is 1. The first kappa shape index (κ1) is 14.5. The highest BCUT2D eigenvalue weighted by molar-refractivity contribution is 7.15. The molecule has 2 rings (SSSR count). The van der Waals surface area contributed by atoms with Crippen LogP contribution in [0.15, 0.2) is 36.4 Å². The van der Waals surface area contributed by atoms with E-state index in [-0.39, 0.29) is 9.92 Å². The van der Waals surface area contributed by atoms with Crippen molar-refractivity contribution in [1.29, 1.82) is 0 Å². The molecule has 1 N–H and O–H groups in total. The highest BCUT2D eigenvalue weighted by Crippen LogP contribution is 2.25. The molecular formula is C14H16N2O3S. The first-order valence-corrected chi connectivity index (χ1v) is 7.06. The van der Waals surface area contributed by atoms with Gasteiger partial charge in [0, 0.05) is 30.3 Å². The van der Waals surface area contributed by atoms with E-state index >= 15 is 0 Å². The minimum absolute atomic E-state index is 0.175. The summed E-state index contributed by atoms with van der Waals surface area (Å²) in [6.07, 6.45) is 0.838. The number of methoxy groups -OCH3 is 1. The highest BCUT2D eigenvalue weighted by atomic mass is 32.1. The molecule has 0 unspecified atom stereocenters. The molecule has 106 valence electrons. The van der Waals surface area contributed by atoms with E-state index in [0.717, 1.165) is 17.0 Å². The second-order valence-electron chi connectivity index (χ2n) is 4.25. The van der Waals surface area contributed by atoms with Crippen molar-refractivity contribution in [2.24, 2.45) is 0 Å². The van der Waals surface area contributed by atoms with Crippen LogP contribution in [0, 0.1) is 10.1 Å². The van der Waals surface area contributed by atoms with Crippen molar-refractivity contribution >= 4 is 22.0 Å². The third-order valence-electron chi connectivity index (χ3n) is 2.87. The van der Waals surface area contributed by atoms with Crippen LogP contribution in [0.2, 0.25) is 0 Å². The number of ether oxygens (including phenoxy) is 1. The van der Waals surface area contributed by atoms with Gasteiger partial charge in [0.1, 0.15) is 0 Å². The Bertz CT molecular complexity index is 583. The molecule has 0 aliphatic rings. The van der Waals surface area contributed by atoms with Crippen LogP contribution in [-0.2, 0) is 17.7 Å². The van der Waals surface area contributed by atoms with E-state index in [4.69, 9.17) is 4.74 Å². The number of nitro groups is 1. The first-order chi connectivity index (χ1) is 9.70. The van der Waals surface area contributed by atoms with Crippen molar-refractivity contribution < 1.29 is 9.66 Å². The van der Waals surface area contributed by atoms with Crippen LogP contribution >= 0.6 is 11.3 Å². The third-order valence-corrected chi connectivity index (χ3v) is 3.91. The summed E-state index contributed by atoms with van der Waals surface area (Å²) < 4.78 is 5.09. The SMILES string of the molecule is COCCc1ccccc1NCc1ccc([N+](=O)[O-])s1. The van der Waals surface area contributed by atoms with E-state index in [1.54, 1.807) is 19.2 Å². The van der Waals surface area contributed by atoms with Crippen molar-refractivity contribution in [3.63, 3.8) is 0 Å². The summed E-state index contributed by atoms with van der Waals surface area (Å²) in [7, 11) is 1.68. The number of para-hydroxylation sites is 1. The number of nitrogens with zero attached hydrogens (tertiary/aromatic N) is 1. The van der Waals surface area contributed by atoms with Crippen molar-refractivity contribution in [3.8, 4) is 0 Å². The molecule has 0 amide bonds. The maximum Gasteiger partial charge on any atom is 0.324 e. The quantitative estimate of drug-likeness (QED) is 0.627. The lowest BCUT2D eigenvalue weighted by molar-refractivity contribution is -0.380. The van der Waals surface area contributed by atoms with Gasteiger partial charge in [-0.05, 0) is 24.1 Å². The Balaban J connectivity index is 2.00. The summed E-state index contributed by atoms with van der Waals surface area (Å²) >= 11 is 1.20. The summed E-state index contributed by atoms with van der Waals surface area (Å²) in [6.45, 7) is 1.26. The average Bonchev–Trinajstić information content (AvgIpc) is 2.93. The molecule has 0 saturated carbocycles. The van der Waals surface area contributed by atoms with Gasteiger partial charge in [-0.3, -0.25) is 10.1 Å². The van der Waals surface area contributed by atoms with Gasteiger partial charge in [-0.2, -0.15) is 0 Å². The molecule has 0 aliphatic heterocycles. The molecule has 2 aromatic rings. The van der Waals surface area contributed by atoms with E-state index in [2.05, 4.69) is 11.4 Å². The molecule has 5 nitrogen and oxygen atoms in total. The second-order valence-corrected chi connectivity index (χ2v) is 5.40. The summed E-state index contributed by atoms with van der Waals surface area (Å²) in [5.74, 6) is 0. The maximum atomic E-state index is 10.6. The minimum atomic E-state index is -0.360. The Kier molecular flexibility index (Phi) is 5.09. The Morgan fingerprint density at radius 3 is 2.80 bits per heavy atom. The minimum Gasteiger partial charge on any atom is -0.384 e. The number of benzene rings is 1. The fourth-order valence-corrected chi connectivity index (χ4v) is 2.62. The van der Waals surface area contributed by atoms with Gasteiger partial charge in [0.2, 0.25) is 0 Å². The van der Waals surface area contributed by atoms with Gasteiger partial charge in [-0.1, -0.05) is 29.5 Å². The molecule has 0 saturated heterocycles. The zero-order valence-electron chi connectivity index (χ0n) is 11.2. The summed E-state index contributed by atoms with van der Waals surface area (Å²) in [6, 6.07) is 11.3. The number of hydrogen-bond acceptors (Lipinski definition) is 5.